The number of nitrogens with one attached hydrogen (secondary N) is 1. The molecule has 1 atom stereocenters. The number of benzene rings is 1. The normalized spacial score (nSPS) is 13.1. The summed E-state index contributed by atoms with van der Waals surface area (Å²) in [6, 6.07) is 6.96. The van der Waals surface area contributed by atoms with Crippen LogP contribution in [-0.4, -0.2) is 13.4 Å². The monoisotopic (exact) mass is 309 g/mol. The molecule has 0 fully saturated rings. The molecule has 5 nitrogen and oxygen atoms in total. The van der Waals surface area contributed by atoms with Gasteiger partial charge in [0.25, 0.3) is 0 Å². The second-order valence-electron chi connectivity index (χ2n) is 4.74. The number of aryl methyl sites for hydroxylation is 1. The van der Waals surface area contributed by atoms with E-state index in [1.807, 2.05) is 0 Å². The van der Waals surface area contributed by atoms with E-state index >= 15 is 0 Å². The quantitative estimate of drug-likeness (QED) is 0.847. The number of rotatable bonds is 4. The third kappa shape index (κ3) is 3.37. The van der Waals surface area contributed by atoms with Crippen LogP contribution in [0.5, 0.6) is 0 Å². The fraction of sp³-hybridized carbons (Fsp3) is 0.214. The molecule has 0 bridgehead atoms. The first-order valence-electron chi connectivity index (χ1n) is 6.30. The summed E-state index contributed by atoms with van der Waals surface area (Å²) in [4.78, 5) is 4.06. The lowest BCUT2D eigenvalue weighted by atomic mass is 10.2. The summed E-state index contributed by atoms with van der Waals surface area (Å²) in [6.07, 6.45) is 1.58. The van der Waals surface area contributed by atoms with Gasteiger partial charge in [0.15, 0.2) is 0 Å². The summed E-state index contributed by atoms with van der Waals surface area (Å²) < 4.78 is 40.6. The van der Waals surface area contributed by atoms with Gasteiger partial charge in [-0.1, -0.05) is 6.07 Å². The second-order valence-corrected chi connectivity index (χ2v) is 6.42. The molecule has 0 aliphatic rings. The third-order valence-electron chi connectivity index (χ3n) is 3.05. The van der Waals surface area contributed by atoms with Crippen LogP contribution >= 0.6 is 0 Å². The SMILES string of the molecule is Cc1cc(F)c(N)cc1S(=O)(=O)NC(C)c1ccccn1. The summed E-state index contributed by atoms with van der Waals surface area (Å²) >= 11 is 0. The van der Waals surface area contributed by atoms with Gasteiger partial charge >= 0.3 is 0 Å². The first-order chi connectivity index (χ1) is 9.81. The number of halogens is 1. The number of anilines is 1. The first kappa shape index (κ1) is 15.4. The zero-order valence-electron chi connectivity index (χ0n) is 11.7. The molecule has 0 aliphatic heterocycles. The summed E-state index contributed by atoms with van der Waals surface area (Å²) in [5.41, 5.74) is 6.13. The molecule has 1 aromatic heterocycles. The predicted octanol–water partition coefficient (Wildman–Crippen LogP) is 2.15. The molecule has 1 heterocycles. The van der Waals surface area contributed by atoms with Crippen LogP contribution in [0.4, 0.5) is 10.1 Å². The van der Waals surface area contributed by atoms with Gasteiger partial charge in [0.1, 0.15) is 5.82 Å². The van der Waals surface area contributed by atoms with Crippen molar-refractivity contribution in [1.29, 1.82) is 0 Å². The van der Waals surface area contributed by atoms with Gasteiger partial charge in [-0.2, -0.15) is 0 Å². The number of nitrogen functional groups attached to an aromatic ring is 1. The standard InChI is InChI=1S/C14H16FN3O2S/c1-9-7-11(15)12(16)8-14(9)21(19,20)18-10(2)13-5-3-4-6-17-13/h3-8,10,18H,16H2,1-2H3. The average Bonchev–Trinajstić information content (AvgIpc) is 2.43. The molecule has 1 aromatic carbocycles. The molecule has 21 heavy (non-hydrogen) atoms. The van der Waals surface area contributed by atoms with Crippen molar-refractivity contribution in [3.05, 3.63) is 53.6 Å². The highest BCUT2D eigenvalue weighted by molar-refractivity contribution is 7.89. The molecule has 3 N–H and O–H groups in total. The van der Waals surface area contributed by atoms with Gasteiger partial charge in [-0.25, -0.2) is 17.5 Å². The van der Waals surface area contributed by atoms with Crippen LogP contribution < -0.4 is 10.5 Å². The highest BCUT2D eigenvalue weighted by Gasteiger charge is 2.22. The van der Waals surface area contributed by atoms with E-state index < -0.39 is 21.9 Å². The molecular formula is C14H16FN3O2S. The molecule has 0 saturated heterocycles. The zero-order chi connectivity index (χ0) is 15.6. The molecule has 0 spiro atoms. The van der Waals surface area contributed by atoms with Crippen molar-refractivity contribution >= 4 is 15.7 Å². The number of hydrogen-bond donors (Lipinski definition) is 2. The Kier molecular flexibility index (Phi) is 4.24. The van der Waals surface area contributed by atoms with Gasteiger partial charge in [0, 0.05) is 6.20 Å². The van der Waals surface area contributed by atoms with Crippen LogP contribution in [0.1, 0.15) is 24.2 Å². The Morgan fingerprint density at radius 3 is 2.67 bits per heavy atom. The maximum absolute atomic E-state index is 13.3. The highest BCUT2D eigenvalue weighted by Crippen LogP contribution is 2.23. The van der Waals surface area contributed by atoms with Crippen molar-refractivity contribution in [1.82, 2.24) is 9.71 Å². The minimum Gasteiger partial charge on any atom is -0.396 e. The second kappa shape index (κ2) is 5.79. The Balaban J connectivity index is 2.33. The number of sulfonamides is 1. The third-order valence-corrected chi connectivity index (χ3v) is 4.73. The number of hydrogen-bond acceptors (Lipinski definition) is 4. The average molecular weight is 309 g/mol. The minimum absolute atomic E-state index is 0.0378. The van der Waals surface area contributed by atoms with Crippen molar-refractivity contribution in [2.45, 2.75) is 24.8 Å². The molecule has 0 radical (unpaired) electrons. The first-order valence-corrected chi connectivity index (χ1v) is 7.78. The molecule has 7 heteroatoms. The highest BCUT2D eigenvalue weighted by atomic mass is 32.2. The lowest BCUT2D eigenvalue weighted by Crippen LogP contribution is -2.28. The Morgan fingerprint density at radius 2 is 2.05 bits per heavy atom. The van der Waals surface area contributed by atoms with Crippen molar-refractivity contribution in [3.8, 4) is 0 Å². The van der Waals surface area contributed by atoms with Crippen LogP contribution in [0.3, 0.4) is 0 Å². The van der Waals surface area contributed by atoms with Crippen molar-refractivity contribution in [2.75, 3.05) is 5.73 Å². The van der Waals surface area contributed by atoms with Gasteiger partial charge < -0.3 is 5.73 Å². The van der Waals surface area contributed by atoms with E-state index in [0.29, 0.717) is 11.3 Å². The van der Waals surface area contributed by atoms with Crippen LogP contribution in [-0.2, 0) is 10.0 Å². The molecule has 0 aliphatic carbocycles. The zero-order valence-corrected chi connectivity index (χ0v) is 12.5. The van der Waals surface area contributed by atoms with Gasteiger partial charge in [0.05, 0.1) is 22.3 Å². The van der Waals surface area contributed by atoms with Gasteiger partial charge in [-0.15, -0.1) is 0 Å². The maximum atomic E-state index is 13.3. The minimum atomic E-state index is -3.81. The Morgan fingerprint density at radius 1 is 1.33 bits per heavy atom. The van der Waals surface area contributed by atoms with E-state index in [1.165, 1.54) is 6.92 Å². The predicted molar refractivity (Wildman–Crippen MR) is 78.5 cm³/mol. The van der Waals surface area contributed by atoms with Crippen molar-refractivity contribution < 1.29 is 12.8 Å². The number of pyridine rings is 1. The maximum Gasteiger partial charge on any atom is 0.241 e. The molecule has 0 amide bonds. The van der Waals surface area contributed by atoms with Crippen LogP contribution in [0.2, 0.25) is 0 Å². The fourth-order valence-electron chi connectivity index (χ4n) is 1.95. The van der Waals surface area contributed by atoms with E-state index in [-0.39, 0.29) is 10.6 Å². The summed E-state index contributed by atoms with van der Waals surface area (Å²) in [6.45, 7) is 3.20. The molecule has 2 aromatic rings. The van der Waals surface area contributed by atoms with E-state index in [2.05, 4.69) is 9.71 Å². The smallest absolute Gasteiger partial charge is 0.241 e. The van der Waals surface area contributed by atoms with E-state index in [0.717, 1.165) is 12.1 Å². The molecular weight excluding hydrogens is 293 g/mol. The van der Waals surface area contributed by atoms with Crippen molar-refractivity contribution in [2.24, 2.45) is 0 Å². The van der Waals surface area contributed by atoms with Gasteiger partial charge in [0.2, 0.25) is 10.0 Å². The molecule has 2 rings (SSSR count). The summed E-state index contributed by atoms with van der Waals surface area (Å²) in [5.74, 6) is -0.635. The number of aromatic nitrogens is 1. The topological polar surface area (TPSA) is 85.1 Å². The summed E-state index contributed by atoms with van der Waals surface area (Å²) in [5, 5.41) is 0. The Bertz CT molecular complexity index is 748. The van der Waals surface area contributed by atoms with E-state index in [9.17, 15) is 12.8 Å². The largest absolute Gasteiger partial charge is 0.396 e. The van der Waals surface area contributed by atoms with E-state index in [1.54, 1.807) is 31.3 Å². The van der Waals surface area contributed by atoms with Gasteiger partial charge in [-0.05, 0) is 43.7 Å². The number of nitrogens with zero attached hydrogens (tertiary/aromatic N) is 1. The van der Waals surface area contributed by atoms with Crippen molar-refractivity contribution in [3.63, 3.8) is 0 Å². The van der Waals surface area contributed by atoms with Crippen LogP contribution in [0.25, 0.3) is 0 Å². The molecule has 112 valence electrons. The van der Waals surface area contributed by atoms with Gasteiger partial charge in [-0.3, -0.25) is 4.98 Å². The lowest BCUT2D eigenvalue weighted by Gasteiger charge is -2.15. The fourth-order valence-corrected chi connectivity index (χ4v) is 3.42. The molecule has 0 saturated carbocycles. The Hall–Kier alpha value is -1.99. The molecule has 1 unspecified atom stereocenters. The van der Waals surface area contributed by atoms with Crippen LogP contribution in [0.15, 0.2) is 41.4 Å². The lowest BCUT2D eigenvalue weighted by molar-refractivity contribution is 0.562. The number of nitrogens with two attached hydrogens (primary N) is 1. The summed E-state index contributed by atoms with van der Waals surface area (Å²) in [7, 11) is -3.81. The Labute approximate surface area is 123 Å². The van der Waals surface area contributed by atoms with Crippen LogP contribution in [0, 0.1) is 12.7 Å². The van der Waals surface area contributed by atoms with E-state index in [4.69, 9.17) is 5.73 Å².